The summed E-state index contributed by atoms with van der Waals surface area (Å²) in [6.07, 6.45) is -0.101. The lowest BCUT2D eigenvalue weighted by atomic mass is 10.3. The number of sulfonamides is 1. The summed E-state index contributed by atoms with van der Waals surface area (Å²) < 4.78 is 39.2. The summed E-state index contributed by atoms with van der Waals surface area (Å²) in [6.45, 7) is 1.43. The van der Waals surface area contributed by atoms with E-state index in [0.717, 1.165) is 6.07 Å². The number of nitriles is 1. The van der Waals surface area contributed by atoms with Crippen LogP contribution >= 0.6 is 0 Å². The Morgan fingerprint density at radius 2 is 2.21 bits per heavy atom. The predicted octanol–water partition coefficient (Wildman–Crippen LogP) is 1.31. The van der Waals surface area contributed by atoms with Crippen LogP contribution in [-0.4, -0.2) is 19.4 Å². The van der Waals surface area contributed by atoms with E-state index in [0.29, 0.717) is 12.1 Å². The molecule has 0 aliphatic rings. The van der Waals surface area contributed by atoms with E-state index in [4.69, 9.17) is 5.26 Å². The third-order valence-electron chi connectivity index (χ3n) is 2.17. The average Bonchev–Trinajstić information content (AvgIpc) is 2.28. The van der Waals surface area contributed by atoms with Gasteiger partial charge >= 0.3 is 0 Å². The van der Waals surface area contributed by atoms with Crippen molar-refractivity contribution in [2.45, 2.75) is 24.3 Å². The minimum Gasteiger partial charge on any atom is -0.258 e. The van der Waals surface area contributed by atoms with Crippen molar-refractivity contribution >= 4 is 15.7 Å². The first-order valence-corrected chi connectivity index (χ1v) is 6.59. The fourth-order valence-corrected chi connectivity index (χ4v) is 2.66. The number of rotatable bonds is 5. The number of halogens is 1. The molecule has 0 saturated carbocycles. The van der Waals surface area contributed by atoms with Crippen LogP contribution in [-0.2, 0) is 10.0 Å². The van der Waals surface area contributed by atoms with Crippen LogP contribution in [0.1, 0.15) is 13.3 Å². The number of nitro benzene ring substituents is 1. The van der Waals surface area contributed by atoms with Crippen LogP contribution in [0.2, 0.25) is 0 Å². The molecule has 0 saturated heterocycles. The summed E-state index contributed by atoms with van der Waals surface area (Å²) in [5, 5.41) is 19.0. The minimum atomic E-state index is -4.25. The molecule has 1 rings (SSSR count). The molecule has 0 spiro atoms. The van der Waals surface area contributed by atoms with Gasteiger partial charge < -0.3 is 0 Å². The maximum Gasteiger partial charge on any atom is 0.270 e. The standard InChI is InChI=1S/C10H10FN3O4S/c1-7(4-5-12)13-19(17,18)10-6-8(14(15)16)2-3-9(10)11/h2-3,6-7,13H,4H2,1H3. The van der Waals surface area contributed by atoms with Crippen molar-refractivity contribution in [1.82, 2.24) is 4.72 Å². The number of hydrogen-bond donors (Lipinski definition) is 1. The van der Waals surface area contributed by atoms with Crippen molar-refractivity contribution in [2.75, 3.05) is 0 Å². The number of nitro groups is 1. The van der Waals surface area contributed by atoms with Gasteiger partial charge in [-0.05, 0) is 13.0 Å². The molecule has 1 aromatic carbocycles. The van der Waals surface area contributed by atoms with Gasteiger partial charge in [0.05, 0.1) is 17.4 Å². The first-order valence-electron chi connectivity index (χ1n) is 5.11. The van der Waals surface area contributed by atoms with E-state index >= 15 is 0 Å². The van der Waals surface area contributed by atoms with Gasteiger partial charge in [-0.2, -0.15) is 5.26 Å². The van der Waals surface area contributed by atoms with E-state index < -0.39 is 37.4 Å². The van der Waals surface area contributed by atoms with E-state index in [1.165, 1.54) is 6.92 Å². The molecular formula is C10H10FN3O4S. The van der Waals surface area contributed by atoms with Crippen molar-refractivity contribution in [1.29, 1.82) is 5.26 Å². The Hall–Kier alpha value is -2.05. The van der Waals surface area contributed by atoms with Gasteiger partial charge in [0.15, 0.2) is 0 Å². The van der Waals surface area contributed by atoms with Crippen LogP contribution in [0.5, 0.6) is 0 Å². The lowest BCUT2D eigenvalue weighted by Gasteiger charge is -2.11. The number of hydrogen-bond acceptors (Lipinski definition) is 5. The number of non-ortho nitro benzene ring substituents is 1. The van der Waals surface area contributed by atoms with Crippen LogP contribution in [0.4, 0.5) is 10.1 Å². The van der Waals surface area contributed by atoms with Crippen molar-refractivity contribution in [2.24, 2.45) is 0 Å². The van der Waals surface area contributed by atoms with Crippen LogP contribution < -0.4 is 4.72 Å². The molecule has 1 N–H and O–H groups in total. The fourth-order valence-electron chi connectivity index (χ4n) is 1.32. The molecule has 0 aromatic heterocycles. The largest absolute Gasteiger partial charge is 0.270 e. The molecule has 0 amide bonds. The van der Waals surface area contributed by atoms with Gasteiger partial charge in [-0.15, -0.1) is 0 Å². The molecule has 102 valence electrons. The lowest BCUT2D eigenvalue weighted by molar-refractivity contribution is -0.385. The third kappa shape index (κ3) is 3.70. The molecule has 9 heteroatoms. The van der Waals surface area contributed by atoms with E-state index in [1.807, 2.05) is 0 Å². The van der Waals surface area contributed by atoms with Gasteiger partial charge in [-0.25, -0.2) is 17.5 Å². The summed E-state index contributed by atoms with van der Waals surface area (Å²) in [6, 6.07) is 3.24. The number of nitrogens with zero attached hydrogens (tertiary/aromatic N) is 2. The van der Waals surface area contributed by atoms with Gasteiger partial charge in [0.25, 0.3) is 5.69 Å². The minimum absolute atomic E-state index is 0.101. The Balaban J connectivity index is 3.18. The molecule has 0 bridgehead atoms. The summed E-state index contributed by atoms with van der Waals surface area (Å²) in [5.41, 5.74) is -0.533. The maximum atomic E-state index is 13.5. The van der Waals surface area contributed by atoms with Crippen LogP contribution in [0.15, 0.2) is 23.1 Å². The molecule has 0 aliphatic carbocycles. The lowest BCUT2D eigenvalue weighted by Crippen LogP contribution is -2.32. The van der Waals surface area contributed by atoms with E-state index in [-0.39, 0.29) is 6.42 Å². The van der Waals surface area contributed by atoms with E-state index in [9.17, 15) is 22.9 Å². The molecule has 19 heavy (non-hydrogen) atoms. The second-order valence-corrected chi connectivity index (χ2v) is 5.44. The van der Waals surface area contributed by atoms with E-state index in [2.05, 4.69) is 4.72 Å². The highest BCUT2D eigenvalue weighted by atomic mass is 32.2. The van der Waals surface area contributed by atoms with E-state index in [1.54, 1.807) is 6.07 Å². The van der Waals surface area contributed by atoms with Crippen LogP contribution in [0.3, 0.4) is 0 Å². The van der Waals surface area contributed by atoms with Gasteiger partial charge in [0, 0.05) is 18.2 Å². The maximum absolute atomic E-state index is 13.5. The zero-order chi connectivity index (χ0) is 14.6. The average molecular weight is 287 g/mol. The van der Waals surface area contributed by atoms with Crippen molar-refractivity contribution in [3.05, 3.63) is 34.1 Å². The smallest absolute Gasteiger partial charge is 0.258 e. The molecule has 7 nitrogen and oxygen atoms in total. The Morgan fingerprint density at radius 1 is 1.58 bits per heavy atom. The van der Waals surface area contributed by atoms with Gasteiger partial charge in [-0.3, -0.25) is 10.1 Å². The topological polar surface area (TPSA) is 113 Å². The molecular weight excluding hydrogens is 277 g/mol. The molecule has 1 aromatic rings. The molecule has 1 atom stereocenters. The van der Waals surface area contributed by atoms with Gasteiger partial charge in [0.1, 0.15) is 10.7 Å². The normalized spacial score (nSPS) is 12.7. The van der Waals surface area contributed by atoms with Crippen molar-refractivity contribution in [3.63, 3.8) is 0 Å². The Kier molecular flexibility index (Phi) is 4.52. The SMILES string of the molecule is CC(CC#N)NS(=O)(=O)c1cc([N+](=O)[O-])ccc1F. The number of benzene rings is 1. The first kappa shape index (κ1) is 15.0. The summed E-state index contributed by atoms with van der Waals surface area (Å²) in [7, 11) is -4.25. The Bertz CT molecular complexity index is 639. The highest BCUT2D eigenvalue weighted by Gasteiger charge is 2.24. The summed E-state index contributed by atoms with van der Waals surface area (Å²) in [4.78, 5) is 8.91. The third-order valence-corrected chi connectivity index (χ3v) is 3.77. The highest BCUT2D eigenvalue weighted by Crippen LogP contribution is 2.21. The molecule has 0 radical (unpaired) electrons. The Morgan fingerprint density at radius 3 is 2.74 bits per heavy atom. The quantitative estimate of drug-likeness (QED) is 0.648. The monoisotopic (exact) mass is 287 g/mol. The second-order valence-electron chi connectivity index (χ2n) is 3.76. The number of nitrogens with one attached hydrogen (secondary N) is 1. The van der Waals surface area contributed by atoms with Gasteiger partial charge in [-0.1, -0.05) is 0 Å². The van der Waals surface area contributed by atoms with Gasteiger partial charge in [0.2, 0.25) is 10.0 Å². The Labute approximate surface area is 108 Å². The fraction of sp³-hybridized carbons (Fsp3) is 0.300. The van der Waals surface area contributed by atoms with Crippen LogP contribution in [0.25, 0.3) is 0 Å². The summed E-state index contributed by atoms with van der Waals surface area (Å²) >= 11 is 0. The zero-order valence-electron chi connectivity index (χ0n) is 9.83. The molecule has 0 fully saturated rings. The van der Waals surface area contributed by atoms with Crippen molar-refractivity contribution < 1.29 is 17.7 Å². The van der Waals surface area contributed by atoms with Crippen molar-refractivity contribution in [3.8, 4) is 6.07 Å². The summed E-state index contributed by atoms with van der Waals surface area (Å²) in [5.74, 6) is -1.10. The molecule has 0 aliphatic heterocycles. The van der Waals surface area contributed by atoms with Crippen LogP contribution in [0, 0.1) is 27.3 Å². The highest BCUT2D eigenvalue weighted by molar-refractivity contribution is 7.89. The molecule has 1 unspecified atom stereocenters. The zero-order valence-corrected chi connectivity index (χ0v) is 10.6. The first-order chi connectivity index (χ1) is 8.77. The predicted molar refractivity (Wildman–Crippen MR) is 63.1 cm³/mol. The molecule has 0 heterocycles. The second kappa shape index (κ2) is 5.73.